The van der Waals surface area contributed by atoms with Gasteiger partial charge in [0.1, 0.15) is 5.82 Å². The van der Waals surface area contributed by atoms with Crippen molar-refractivity contribution >= 4 is 5.82 Å². The Labute approximate surface area is 125 Å². The van der Waals surface area contributed by atoms with Gasteiger partial charge < -0.3 is 14.8 Å². The Kier molecular flexibility index (Phi) is 3.95. The SMILES string of the molecule is COc1ccc(CNc2ccc3c(n2)CCC3)cc1OC. The van der Waals surface area contributed by atoms with E-state index in [-0.39, 0.29) is 0 Å². The van der Waals surface area contributed by atoms with Gasteiger partial charge in [-0.15, -0.1) is 0 Å². The lowest BCUT2D eigenvalue weighted by Crippen LogP contribution is -2.03. The summed E-state index contributed by atoms with van der Waals surface area (Å²) in [4.78, 5) is 4.68. The van der Waals surface area contributed by atoms with Crippen LogP contribution in [0.1, 0.15) is 23.2 Å². The van der Waals surface area contributed by atoms with Crippen LogP contribution in [0.3, 0.4) is 0 Å². The zero-order chi connectivity index (χ0) is 14.7. The fourth-order valence-electron chi connectivity index (χ4n) is 2.70. The lowest BCUT2D eigenvalue weighted by molar-refractivity contribution is 0.354. The number of methoxy groups -OCH3 is 2. The summed E-state index contributed by atoms with van der Waals surface area (Å²) in [7, 11) is 3.29. The van der Waals surface area contributed by atoms with Gasteiger partial charge in [-0.25, -0.2) is 4.98 Å². The molecule has 1 aliphatic carbocycles. The predicted molar refractivity (Wildman–Crippen MR) is 83.1 cm³/mol. The maximum atomic E-state index is 5.32. The zero-order valence-corrected chi connectivity index (χ0v) is 12.5. The number of pyridine rings is 1. The first-order valence-electron chi connectivity index (χ1n) is 7.23. The fourth-order valence-corrected chi connectivity index (χ4v) is 2.70. The first kappa shape index (κ1) is 13.7. The van der Waals surface area contributed by atoms with Gasteiger partial charge in [-0.05, 0) is 48.6 Å². The summed E-state index contributed by atoms with van der Waals surface area (Å²) in [6.07, 6.45) is 3.49. The third-order valence-electron chi connectivity index (χ3n) is 3.85. The molecular formula is C17H20N2O2. The van der Waals surface area contributed by atoms with Crippen LogP contribution >= 0.6 is 0 Å². The molecule has 1 aromatic carbocycles. The van der Waals surface area contributed by atoms with Crippen LogP contribution in [0, 0.1) is 0 Å². The number of nitrogens with zero attached hydrogens (tertiary/aromatic N) is 1. The number of fused-ring (bicyclic) bond motifs is 1. The maximum absolute atomic E-state index is 5.32. The molecule has 0 atom stereocenters. The van der Waals surface area contributed by atoms with Crippen molar-refractivity contribution < 1.29 is 9.47 Å². The average Bonchev–Trinajstić information content (AvgIpc) is 3.00. The fraction of sp³-hybridized carbons (Fsp3) is 0.353. The molecule has 2 aromatic rings. The minimum absolute atomic E-state index is 0.714. The van der Waals surface area contributed by atoms with Gasteiger partial charge in [0.15, 0.2) is 11.5 Å². The summed E-state index contributed by atoms with van der Waals surface area (Å²) in [5, 5.41) is 3.37. The molecule has 0 fully saturated rings. The minimum atomic E-state index is 0.714. The maximum Gasteiger partial charge on any atom is 0.161 e. The van der Waals surface area contributed by atoms with Gasteiger partial charge in [-0.2, -0.15) is 0 Å². The molecule has 110 valence electrons. The van der Waals surface area contributed by atoms with Gasteiger partial charge in [-0.3, -0.25) is 0 Å². The molecule has 1 aliphatic rings. The molecule has 0 saturated heterocycles. The lowest BCUT2D eigenvalue weighted by atomic mass is 10.2. The highest BCUT2D eigenvalue weighted by atomic mass is 16.5. The largest absolute Gasteiger partial charge is 0.493 e. The van der Waals surface area contributed by atoms with Crippen molar-refractivity contribution in [3.8, 4) is 11.5 Å². The summed E-state index contributed by atoms with van der Waals surface area (Å²) in [6.45, 7) is 0.714. The number of aromatic nitrogens is 1. The number of nitrogens with one attached hydrogen (secondary N) is 1. The highest BCUT2D eigenvalue weighted by Crippen LogP contribution is 2.28. The Balaban J connectivity index is 1.70. The molecule has 4 heteroatoms. The van der Waals surface area contributed by atoms with Crippen molar-refractivity contribution in [1.82, 2.24) is 4.98 Å². The molecule has 0 aliphatic heterocycles. The molecule has 1 N–H and O–H groups in total. The first-order valence-corrected chi connectivity index (χ1v) is 7.23. The van der Waals surface area contributed by atoms with Crippen LogP contribution in [-0.2, 0) is 19.4 Å². The molecule has 1 aromatic heterocycles. The monoisotopic (exact) mass is 284 g/mol. The molecule has 0 spiro atoms. The summed E-state index contributed by atoms with van der Waals surface area (Å²) in [5.41, 5.74) is 3.77. The number of rotatable bonds is 5. The van der Waals surface area contributed by atoms with Crippen LogP contribution in [0.25, 0.3) is 0 Å². The van der Waals surface area contributed by atoms with Gasteiger partial charge in [0, 0.05) is 12.2 Å². The molecule has 0 amide bonds. The second kappa shape index (κ2) is 6.04. The number of anilines is 1. The van der Waals surface area contributed by atoms with E-state index >= 15 is 0 Å². The molecule has 0 bridgehead atoms. The summed E-state index contributed by atoms with van der Waals surface area (Å²) >= 11 is 0. The number of hydrogen-bond donors (Lipinski definition) is 1. The Hall–Kier alpha value is -2.23. The predicted octanol–water partition coefficient (Wildman–Crippen LogP) is 3.20. The van der Waals surface area contributed by atoms with Crippen molar-refractivity contribution in [3.05, 3.63) is 47.2 Å². The van der Waals surface area contributed by atoms with Crippen LogP contribution in [0.15, 0.2) is 30.3 Å². The molecule has 1 heterocycles. The van der Waals surface area contributed by atoms with Crippen LogP contribution in [0.2, 0.25) is 0 Å². The number of benzene rings is 1. The number of ether oxygens (including phenoxy) is 2. The summed E-state index contributed by atoms with van der Waals surface area (Å²) < 4.78 is 10.6. The molecule has 0 radical (unpaired) electrons. The second-order valence-electron chi connectivity index (χ2n) is 5.20. The van der Waals surface area contributed by atoms with Gasteiger partial charge in [-0.1, -0.05) is 12.1 Å². The topological polar surface area (TPSA) is 43.4 Å². The van der Waals surface area contributed by atoms with E-state index < -0.39 is 0 Å². The molecule has 4 nitrogen and oxygen atoms in total. The van der Waals surface area contributed by atoms with E-state index in [0.717, 1.165) is 35.7 Å². The third-order valence-corrected chi connectivity index (χ3v) is 3.85. The highest BCUT2D eigenvalue weighted by molar-refractivity contribution is 5.45. The molecular weight excluding hydrogens is 264 g/mol. The third kappa shape index (κ3) is 2.94. The highest BCUT2D eigenvalue weighted by Gasteiger charge is 2.12. The van der Waals surface area contributed by atoms with E-state index in [1.807, 2.05) is 18.2 Å². The van der Waals surface area contributed by atoms with E-state index in [0.29, 0.717) is 6.54 Å². The zero-order valence-electron chi connectivity index (χ0n) is 12.5. The van der Waals surface area contributed by atoms with Crippen molar-refractivity contribution in [2.75, 3.05) is 19.5 Å². The van der Waals surface area contributed by atoms with Gasteiger partial charge in [0.05, 0.1) is 14.2 Å². The van der Waals surface area contributed by atoms with Crippen LogP contribution in [0.4, 0.5) is 5.82 Å². The normalized spacial score (nSPS) is 12.9. The van der Waals surface area contributed by atoms with Crippen molar-refractivity contribution in [2.45, 2.75) is 25.8 Å². The van der Waals surface area contributed by atoms with E-state index in [1.165, 1.54) is 17.7 Å². The molecule has 0 saturated carbocycles. The van der Waals surface area contributed by atoms with E-state index in [9.17, 15) is 0 Å². The minimum Gasteiger partial charge on any atom is -0.493 e. The molecule has 21 heavy (non-hydrogen) atoms. The van der Waals surface area contributed by atoms with Crippen LogP contribution < -0.4 is 14.8 Å². The summed E-state index contributed by atoms with van der Waals surface area (Å²) in [5.74, 6) is 2.43. The second-order valence-corrected chi connectivity index (χ2v) is 5.20. The smallest absolute Gasteiger partial charge is 0.161 e. The number of hydrogen-bond acceptors (Lipinski definition) is 4. The van der Waals surface area contributed by atoms with Crippen molar-refractivity contribution in [3.63, 3.8) is 0 Å². The Bertz CT molecular complexity index is 641. The quantitative estimate of drug-likeness (QED) is 0.915. The van der Waals surface area contributed by atoms with Crippen LogP contribution in [0.5, 0.6) is 11.5 Å². The van der Waals surface area contributed by atoms with Gasteiger partial charge >= 0.3 is 0 Å². The lowest BCUT2D eigenvalue weighted by Gasteiger charge is -2.11. The Morgan fingerprint density at radius 2 is 1.90 bits per heavy atom. The average molecular weight is 284 g/mol. The van der Waals surface area contributed by atoms with Crippen molar-refractivity contribution in [1.29, 1.82) is 0 Å². The summed E-state index contributed by atoms with van der Waals surface area (Å²) in [6, 6.07) is 10.2. The van der Waals surface area contributed by atoms with Crippen molar-refractivity contribution in [2.24, 2.45) is 0 Å². The van der Waals surface area contributed by atoms with E-state index in [4.69, 9.17) is 9.47 Å². The van der Waals surface area contributed by atoms with E-state index in [1.54, 1.807) is 14.2 Å². The van der Waals surface area contributed by atoms with E-state index in [2.05, 4.69) is 22.4 Å². The first-order chi connectivity index (χ1) is 10.3. The number of aryl methyl sites for hydroxylation is 2. The standard InChI is InChI=1S/C17H20N2O2/c1-20-15-8-6-12(10-16(15)21-2)11-18-17-9-7-13-4-3-5-14(13)19-17/h6-10H,3-5,11H2,1-2H3,(H,18,19). The van der Waals surface area contributed by atoms with Gasteiger partial charge in [0.25, 0.3) is 0 Å². The molecule has 3 rings (SSSR count). The van der Waals surface area contributed by atoms with Gasteiger partial charge in [0.2, 0.25) is 0 Å². The van der Waals surface area contributed by atoms with Crippen LogP contribution in [-0.4, -0.2) is 19.2 Å². The molecule has 0 unspecified atom stereocenters. The Morgan fingerprint density at radius 1 is 1.05 bits per heavy atom. The Morgan fingerprint density at radius 3 is 2.71 bits per heavy atom.